The molecule has 0 bridgehead atoms. The minimum absolute atomic E-state index is 0.0938. The van der Waals surface area contributed by atoms with Gasteiger partial charge in [-0.25, -0.2) is 4.68 Å². The van der Waals surface area contributed by atoms with Crippen LogP contribution in [0.2, 0.25) is 0 Å². The van der Waals surface area contributed by atoms with Crippen molar-refractivity contribution < 1.29 is 27.5 Å². The summed E-state index contributed by atoms with van der Waals surface area (Å²) in [6.07, 6.45) is -4.49. The molecule has 1 aliphatic heterocycles. The van der Waals surface area contributed by atoms with Crippen molar-refractivity contribution in [3.05, 3.63) is 46.8 Å². The van der Waals surface area contributed by atoms with Crippen LogP contribution in [0.5, 0.6) is 0 Å². The Morgan fingerprint density at radius 3 is 2.57 bits per heavy atom. The van der Waals surface area contributed by atoms with Gasteiger partial charge in [-0.05, 0) is 32.0 Å². The highest BCUT2D eigenvalue weighted by Crippen LogP contribution is 2.30. The normalized spacial score (nSPS) is 15.2. The van der Waals surface area contributed by atoms with E-state index in [2.05, 4.69) is 15.3 Å². The second-order valence-corrected chi connectivity index (χ2v) is 7.04. The number of amides is 1. The van der Waals surface area contributed by atoms with E-state index in [-0.39, 0.29) is 16.9 Å². The van der Waals surface area contributed by atoms with Gasteiger partial charge in [-0.3, -0.25) is 14.5 Å². The number of hydrogen-bond acceptors (Lipinski definition) is 5. The van der Waals surface area contributed by atoms with Gasteiger partial charge in [-0.2, -0.15) is 18.3 Å². The Hall–Kier alpha value is -2.72. The van der Waals surface area contributed by atoms with E-state index >= 15 is 0 Å². The van der Waals surface area contributed by atoms with Crippen molar-refractivity contribution in [2.45, 2.75) is 20.0 Å². The summed E-state index contributed by atoms with van der Waals surface area (Å²) in [4.78, 5) is 27.1. The Bertz CT molecular complexity index is 934. The highest BCUT2D eigenvalue weighted by atomic mass is 19.4. The second kappa shape index (κ2) is 8.97. The molecule has 1 saturated heterocycles. The van der Waals surface area contributed by atoms with Crippen molar-refractivity contribution in [1.29, 1.82) is 0 Å². The molecule has 0 unspecified atom stereocenters. The SMILES string of the molecule is Cc1nn(-c2cccc(C(F)(F)F)c2)c(C)c1C(=O)C(=O)NCCN1CCOCC1. The number of aryl methyl sites for hydroxylation is 1. The number of aromatic nitrogens is 2. The number of ketones is 1. The van der Waals surface area contributed by atoms with Crippen molar-refractivity contribution in [3.8, 4) is 5.69 Å². The highest BCUT2D eigenvalue weighted by molar-refractivity contribution is 6.43. The standard InChI is InChI=1S/C20H23F3N4O3/c1-13-17(18(28)19(29)24-6-7-26-8-10-30-11-9-26)14(2)27(25-13)16-5-3-4-15(12-16)20(21,22)23/h3-5,12H,6-11H2,1-2H3,(H,24,29). The Morgan fingerprint density at radius 2 is 1.90 bits per heavy atom. The van der Waals surface area contributed by atoms with E-state index in [9.17, 15) is 22.8 Å². The quantitative estimate of drug-likeness (QED) is 0.568. The molecule has 1 aliphatic rings. The Labute approximate surface area is 171 Å². The van der Waals surface area contributed by atoms with Gasteiger partial charge in [0.15, 0.2) is 0 Å². The fourth-order valence-electron chi connectivity index (χ4n) is 3.38. The predicted octanol–water partition coefficient (Wildman–Crippen LogP) is 2.14. The van der Waals surface area contributed by atoms with E-state index in [1.807, 2.05) is 0 Å². The lowest BCUT2D eigenvalue weighted by Crippen LogP contribution is -2.42. The van der Waals surface area contributed by atoms with E-state index in [0.29, 0.717) is 32.0 Å². The lowest BCUT2D eigenvalue weighted by molar-refractivity contribution is -0.137. The fraction of sp³-hybridized carbons (Fsp3) is 0.450. The smallest absolute Gasteiger partial charge is 0.379 e. The van der Waals surface area contributed by atoms with Crippen molar-refractivity contribution >= 4 is 11.7 Å². The number of nitrogens with zero attached hydrogens (tertiary/aromatic N) is 3. The molecule has 2 heterocycles. The summed E-state index contributed by atoms with van der Waals surface area (Å²) in [5, 5.41) is 6.79. The maximum Gasteiger partial charge on any atom is 0.416 e. The maximum absolute atomic E-state index is 13.0. The molecule has 0 spiro atoms. The van der Waals surface area contributed by atoms with Crippen molar-refractivity contribution in [2.75, 3.05) is 39.4 Å². The third kappa shape index (κ3) is 4.88. The van der Waals surface area contributed by atoms with Crippen molar-refractivity contribution in [3.63, 3.8) is 0 Å². The van der Waals surface area contributed by atoms with Gasteiger partial charge in [-0.1, -0.05) is 6.07 Å². The molecule has 0 saturated carbocycles. The number of ether oxygens (including phenoxy) is 1. The third-order valence-electron chi connectivity index (χ3n) is 4.96. The number of carbonyl (C=O) groups excluding carboxylic acids is 2. The van der Waals surface area contributed by atoms with Gasteiger partial charge >= 0.3 is 6.18 Å². The minimum atomic E-state index is -4.49. The molecule has 1 amide bonds. The zero-order valence-corrected chi connectivity index (χ0v) is 16.8. The first kappa shape index (κ1) is 22.0. The highest BCUT2D eigenvalue weighted by Gasteiger charge is 2.31. The first-order valence-electron chi connectivity index (χ1n) is 9.55. The molecule has 1 fully saturated rings. The topological polar surface area (TPSA) is 76.5 Å². The molecule has 1 aromatic carbocycles. The summed E-state index contributed by atoms with van der Waals surface area (Å²) in [6.45, 7) is 6.83. The van der Waals surface area contributed by atoms with E-state index in [1.54, 1.807) is 13.8 Å². The van der Waals surface area contributed by atoms with Gasteiger partial charge in [0.25, 0.3) is 11.7 Å². The van der Waals surface area contributed by atoms with Crippen LogP contribution in [0, 0.1) is 13.8 Å². The van der Waals surface area contributed by atoms with Crippen molar-refractivity contribution in [1.82, 2.24) is 20.0 Å². The minimum Gasteiger partial charge on any atom is -0.379 e. The monoisotopic (exact) mass is 424 g/mol. The molecule has 162 valence electrons. The predicted molar refractivity (Wildman–Crippen MR) is 103 cm³/mol. The number of Topliss-reactive ketones (excluding diaryl/α,β-unsaturated/α-hetero) is 1. The number of rotatable bonds is 6. The molecule has 2 aromatic rings. The number of nitrogens with one attached hydrogen (secondary N) is 1. The van der Waals surface area contributed by atoms with Gasteiger partial charge in [0, 0.05) is 26.2 Å². The number of carbonyl (C=O) groups is 2. The number of halogens is 3. The van der Waals surface area contributed by atoms with Crippen LogP contribution in [0.4, 0.5) is 13.2 Å². The largest absolute Gasteiger partial charge is 0.416 e. The zero-order valence-electron chi connectivity index (χ0n) is 16.8. The van der Waals surface area contributed by atoms with Crippen LogP contribution >= 0.6 is 0 Å². The molecule has 0 atom stereocenters. The van der Waals surface area contributed by atoms with Crippen LogP contribution in [-0.4, -0.2) is 65.8 Å². The van der Waals surface area contributed by atoms with Crippen LogP contribution in [0.3, 0.4) is 0 Å². The summed E-state index contributed by atoms with van der Waals surface area (Å²) in [6, 6.07) is 4.65. The van der Waals surface area contributed by atoms with Gasteiger partial charge in [0.05, 0.1) is 41.4 Å². The number of benzene rings is 1. The molecule has 7 nitrogen and oxygen atoms in total. The number of morpholine rings is 1. The first-order chi connectivity index (χ1) is 14.2. The van der Waals surface area contributed by atoms with Gasteiger partial charge in [0.2, 0.25) is 0 Å². The Morgan fingerprint density at radius 1 is 1.20 bits per heavy atom. The van der Waals surface area contributed by atoms with E-state index < -0.39 is 23.4 Å². The van der Waals surface area contributed by atoms with Gasteiger partial charge in [0.1, 0.15) is 0 Å². The van der Waals surface area contributed by atoms with Gasteiger partial charge < -0.3 is 10.1 Å². The molecule has 3 rings (SSSR count). The first-order valence-corrected chi connectivity index (χ1v) is 9.55. The molecule has 0 radical (unpaired) electrons. The maximum atomic E-state index is 13.0. The molecule has 1 N–H and O–H groups in total. The number of alkyl halides is 3. The molecule has 30 heavy (non-hydrogen) atoms. The average Bonchev–Trinajstić information content (AvgIpc) is 3.01. The molecule has 10 heteroatoms. The van der Waals surface area contributed by atoms with E-state index in [1.165, 1.54) is 16.8 Å². The summed E-state index contributed by atoms with van der Waals surface area (Å²) in [5.74, 6) is -1.52. The van der Waals surface area contributed by atoms with Gasteiger partial charge in [-0.15, -0.1) is 0 Å². The van der Waals surface area contributed by atoms with Crippen LogP contribution in [0.1, 0.15) is 27.3 Å². The average molecular weight is 424 g/mol. The summed E-state index contributed by atoms with van der Waals surface area (Å²) >= 11 is 0. The third-order valence-corrected chi connectivity index (χ3v) is 4.96. The summed E-state index contributed by atoms with van der Waals surface area (Å²) < 4.78 is 45.5. The number of hydrogen-bond donors (Lipinski definition) is 1. The molecule has 1 aromatic heterocycles. The van der Waals surface area contributed by atoms with E-state index in [4.69, 9.17) is 4.74 Å². The van der Waals surface area contributed by atoms with Crippen molar-refractivity contribution in [2.24, 2.45) is 0 Å². The molecule has 0 aliphatic carbocycles. The van der Waals surface area contributed by atoms with Crippen LogP contribution < -0.4 is 5.32 Å². The zero-order chi connectivity index (χ0) is 21.9. The summed E-state index contributed by atoms with van der Waals surface area (Å²) in [7, 11) is 0. The lowest BCUT2D eigenvalue weighted by atomic mass is 10.1. The Kier molecular flexibility index (Phi) is 6.57. The fourth-order valence-corrected chi connectivity index (χ4v) is 3.38. The van der Waals surface area contributed by atoms with Crippen LogP contribution in [-0.2, 0) is 15.7 Å². The molecular formula is C20H23F3N4O3. The Balaban J connectivity index is 1.73. The van der Waals surface area contributed by atoms with E-state index in [0.717, 1.165) is 25.2 Å². The second-order valence-electron chi connectivity index (χ2n) is 7.04. The molecular weight excluding hydrogens is 401 g/mol. The summed E-state index contributed by atoms with van der Waals surface area (Å²) in [5.41, 5.74) is 0.0214. The van der Waals surface area contributed by atoms with Crippen LogP contribution in [0.15, 0.2) is 24.3 Å². The van der Waals surface area contributed by atoms with Crippen LogP contribution in [0.25, 0.3) is 5.69 Å². The lowest BCUT2D eigenvalue weighted by Gasteiger charge is -2.26.